The van der Waals surface area contributed by atoms with Crippen molar-refractivity contribution in [3.63, 3.8) is 0 Å². The first-order chi connectivity index (χ1) is 9.57. The molecule has 0 radical (unpaired) electrons. The summed E-state index contributed by atoms with van der Waals surface area (Å²) in [5.41, 5.74) is 5.09. The predicted molar refractivity (Wildman–Crippen MR) is 94.8 cm³/mol. The lowest BCUT2D eigenvalue weighted by Crippen LogP contribution is -2.12. The van der Waals surface area contributed by atoms with E-state index in [1.807, 2.05) is 6.20 Å². The third kappa shape index (κ3) is 3.94. The molecule has 0 saturated heterocycles. The van der Waals surface area contributed by atoms with Gasteiger partial charge >= 0.3 is 0 Å². The van der Waals surface area contributed by atoms with Gasteiger partial charge in [0.05, 0.1) is 5.69 Å². The van der Waals surface area contributed by atoms with E-state index in [0.29, 0.717) is 0 Å². The average Bonchev–Trinajstić information content (AvgIpc) is 2.36. The van der Waals surface area contributed by atoms with Crippen LogP contribution in [0.5, 0.6) is 0 Å². The van der Waals surface area contributed by atoms with Crippen LogP contribution in [0.1, 0.15) is 52.7 Å². The van der Waals surface area contributed by atoms with E-state index < -0.39 is 0 Å². The van der Waals surface area contributed by atoms with E-state index in [1.165, 1.54) is 16.7 Å². The van der Waals surface area contributed by atoms with Crippen molar-refractivity contribution in [3.05, 3.63) is 52.1 Å². The lowest BCUT2D eigenvalue weighted by molar-refractivity contribution is 0.588. The van der Waals surface area contributed by atoms with Crippen molar-refractivity contribution in [2.45, 2.75) is 52.4 Å². The molecule has 0 N–H and O–H groups in total. The Morgan fingerprint density at radius 2 is 1.43 bits per heavy atom. The zero-order valence-corrected chi connectivity index (χ0v) is 15.4. The van der Waals surface area contributed by atoms with Crippen molar-refractivity contribution < 1.29 is 0 Å². The molecule has 0 aliphatic heterocycles. The van der Waals surface area contributed by atoms with Crippen LogP contribution in [0, 0.1) is 0 Å². The van der Waals surface area contributed by atoms with Gasteiger partial charge in [0.25, 0.3) is 0 Å². The minimum atomic E-state index is 0.125. The van der Waals surface area contributed by atoms with Gasteiger partial charge in [-0.1, -0.05) is 57.5 Å². The molecule has 1 nitrogen and oxygen atoms in total. The van der Waals surface area contributed by atoms with E-state index >= 15 is 0 Å². The van der Waals surface area contributed by atoms with Gasteiger partial charge in [0.2, 0.25) is 0 Å². The number of hydrogen-bond acceptors (Lipinski definition) is 1. The number of pyridine rings is 1. The molecule has 1 aromatic heterocycles. The minimum Gasteiger partial charge on any atom is -0.256 e. The van der Waals surface area contributed by atoms with Crippen LogP contribution in [0.2, 0.25) is 0 Å². The Labute approximate surface area is 136 Å². The molecule has 0 atom stereocenters. The Morgan fingerprint density at radius 3 is 2.00 bits per heavy atom. The van der Waals surface area contributed by atoms with E-state index in [1.54, 1.807) is 0 Å². The molecule has 21 heavy (non-hydrogen) atoms. The van der Waals surface area contributed by atoms with E-state index in [2.05, 4.69) is 92.8 Å². The van der Waals surface area contributed by atoms with Gasteiger partial charge in [-0.3, -0.25) is 4.98 Å². The van der Waals surface area contributed by atoms with Crippen LogP contribution >= 0.6 is 15.9 Å². The summed E-state index contributed by atoms with van der Waals surface area (Å²) in [6.07, 6.45) is 1.91. The fraction of sp³-hybridized carbons (Fsp3) is 0.421. The molecule has 1 aromatic carbocycles. The van der Waals surface area contributed by atoms with Crippen molar-refractivity contribution in [1.29, 1.82) is 0 Å². The molecule has 112 valence electrons. The number of halogens is 1. The average molecular weight is 346 g/mol. The van der Waals surface area contributed by atoms with Crippen molar-refractivity contribution in [2.24, 2.45) is 0 Å². The Morgan fingerprint density at radius 1 is 0.810 bits per heavy atom. The van der Waals surface area contributed by atoms with Gasteiger partial charge in [0.1, 0.15) is 0 Å². The van der Waals surface area contributed by atoms with Crippen molar-refractivity contribution >= 4 is 15.9 Å². The van der Waals surface area contributed by atoms with Crippen LogP contribution in [0.15, 0.2) is 41.0 Å². The largest absolute Gasteiger partial charge is 0.256 e. The fourth-order valence-electron chi connectivity index (χ4n) is 2.23. The molecule has 0 aliphatic carbocycles. The molecule has 0 unspecified atom stereocenters. The zero-order valence-electron chi connectivity index (χ0n) is 13.8. The molecule has 0 aliphatic rings. The van der Waals surface area contributed by atoms with E-state index in [9.17, 15) is 0 Å². The maximum absolute atomic E-state index is 4.57. The van der Waals surface area contributed by atoms with Crippen LogP contribution in [0.4, 0.5) is 0 Å². The Bertz CT molecular complexity index is 645. The maximum Gasteiger partial charge on any atom is 0.0705 e. The summed E-state index contributed by atoms with van der Waals surface area (Å²) in [4.78, 5) is 4.57. The Kier molecular flexibility index (Phi) is 4.30. The third-order valence-electron chi connectivity index (χ3n) is 3.69. The highest BCUT2D eigenvalue weighted by molar-refractivity contribution is 9.10. The monoisotopic (exact) mass is 345 g/mol. The molecule has 2 heteroatoms. The number of benzene rings is 1. The van der Waals surface area contributed by atoms with Gasteiger partial charge < -0.3 is 0 Å². The first kappa shape index (κ1) is 16.2. The zero-order chi connectivity index (χ0) is 15.8. The van der Waals surface area contributed by atoms with Gasteiger partial charge in [0, 0.05) is 16.2 Å². The predicted octanol–water partition coefficient (Wildman–Crippen LogP) is 6.11. The van der Waals surface area contributed by atoms with E-state index in [0.717, 1.165) is 10.2 Å². The second-order valence-corrected chi connectivity index (χ2v) is 8.57. The quantitative estimate of drug-likeness (QED) is 0.607. The second kappa shape index (κ2) is 5.57. The number of rotatable bonds is 1. The standard InChI is InChI=1S/C19H24BrN/c1-18(2,3)14-7-8-21-17(12-14)13-9-15(19(4,5)6)11-16(20)10-13/h7-12H,1-6H3. The van der Waals surface area contributed by atoms with Crippen LogP contribution in [0.25, 0.3) is 11.3 Å². The van der Waals surface area contributed by atoms with Crippen LogP contribution in [-0.2, 0) is 10.8 Å². The summed E-state index contributed by atoms with van der Waals surface area (Å²) < 4.78 is 1.10. The van der Waals surface area contributed by atoms with E-state index in [-0.39, 0.29) is 10.8 Å². The lowest BCUT2D eigenvalue weighted by atomic mass is 9.84. The third-order valence-corrected chi connectivity index (χ3v) is 4.14. The highest BCUT2D eigenvalue weighted by atomic mass is 79.9. The SMILES string of the molecule is CC(C)(C)c1cc(Br)cc(-c2cc(C(C)(C)C)ccn2)c1. The number of aromatic nitrogens is 1. The molecule has 0 saturated carbocycles. The number of nitrogens with zero attached hydrogens (tertiary/aromatic N) is 1. The fourth-order valence-corrected chi connectivity index (χ4v) is 2.72. The van der Waals surface area contributed by atoms with Crippen LogP contribution in [-0.4, -0.2) is 4.98 Å². The van der Waals surface area contributed by atoms with Gasteiger partial charge in [-0.25, -0.2) is 0 Å². The maximum atomic E-state index is 4.57. The Hall–Kier alpha value is -1.15. The molecule has 0 fully saturated rings. The topological polar surface area (TPSA) is 12.9 Å². The molecular weight excluding hydrogens is 322 g/mol. The minimum absolute atomic E-state index is 0.125. The molecule has 0 bridgehead atoms. The summed E-state index contributed by atoms with van der Waals surface area (Å²) in [7, 11) is 0. The number of hydrogen-bond donors (Lipinski definition) is 0. The first-order valence-electron chi connectivity index (χ1n) is 7.35. The van der Waals surface area contributed by atoms with Gasteiger partial charge in [-0.2, -0.15) is 0 Å². The summed E-state index contributed by atoms with van der Waals surface area (Å²) in [6, 6.07) is 10.9. The summed E-state index contributed by atoms with van der Waals surface area (Å²) in [5.74, 6) is 0. The molecule has 2 rings (SSSR count). The van der Waals surface area contributed by atoms with Crippen molar-refractivity contribution in [3.8, 4) is 11.3 Å². The Balaban J connectivity index is 2.55. The van der Waals surface area contributed by atoms with Crippen molar-refractivity contribution in [2.75, 3.05) is 0 Å². The summed E-state index contributed by atoms with van der Waals surface area (Å²) in [5, 5.41) is 0. The second-order valence-electron chi connectivity index (χ2n) is 7.66. The lowest BCUT2D eigenvalue weighted by Gasteiger charge is -2.22. The van der Waals surface area contributed by atoms with Crippen molar-refractivity contribution in [1.82, 2.24) is 4.98 Å². The molecule has 0 amide bonds. The van der Waals surface area contributed by atoms with Gasteiger partial charge in [-0.15, -0.1) is 0 Å². The highest BCUT2D eigenvalue weighted by Crippen LogP contribution is 2.32. The van der Waals surface area contributed by atoms with Crippen LogP contribution in [0.3, 0.4) is 0 Å². The normalized spacial score (nSPS) is 12.5. The van der Waals surface area contributed by atoms with Gasteiger partial charge in [0.15, 0.2) is 0 Å². The molecule has 0 spiro atoms. The smallest absolute Gasteiger partial charge is 0.0705 e. The summed E-state index contributed by atoms with van der Waals surface area (Å²) >= 11 is 3.63. The molecule has 1 heterocycles. The van der Waals surface area contributed by atoms with Gasteiger partial charge in [-0.05, 0) is 52.3 Å². The van der Waals surface area contributed by atoms with E-state index in [4.69, 9.17) is 0 Å². The van der Waals surface area contributed by atoms with Crippen LogP contribution < -0.4 is 0 Å². The molecular formula is C19H24BrN. The molecule has 2 aromatic rings. The summed E-state index contributed by atoms with van der Waals surface area (Å²) in [6.45, 7) is 13.4. The first-order valence-corrected chi connectivity index (χ1v) is 8.15. The highest BCUT2D eigenvalue weighted by Gasteiger charge is 2.17.